The lowest BCUT2D eigenvalue weighted by Crippen LogP contribution is -2.26. The normalized spacial score (nSPS) is 17.4. The number of aromatic nitrogens is 2. The molecule has 102 valence electrons. The molecule has 1 aromatic rings. The molecule has 1 aliphatic carbocycles. The van der Waals surface area contributed by atoms with Gasteiger partial charge in [0.1, 0.15) is 4.90 Å². The van der Waals surface area contributed by atoms with Crippen LogP contribution in [0.1, 0.15) is 43.5 Å². The van der Waals surface area contributed by atoms with E-state index in [1.165, 1.54) is 25.7 Å². The number of aryl methyl sites for hydroxylation is 2. The fourth-order valence-electron chi connectivity index (χ4n) is 2.71. The Labute approximate surface area is 108 Å². The lowest BCUT2D eigenvalue weighted by atomic mass is 10.1. The third-order valence-corrected chi connectivity index (χ3v) is 5.37. The van der Waals surface area contributed by atoms with Crippen molar-refractivity contribution in [3.8, 4) is 0 Å². The summed E-state index contributed by atoms with van der Waals surface area (Å²) in [5.74, 6) is 0.694. The average molecular weight is 271 g/mol. The Hall–Kier alpha value is -0.880. The summed E-state index contributed by atoms with van der Waals surface area (Å²) < 4.78 is 27.0. The van der Waals surface area contributed by atoms with Gasteiger partial charge in [0.25, 0.3) is 0 Å². The van der Waals surface area contributed by atoms with Gasteiger partial charge in [0.05, 0.1) is 11.4 Å². The van der Waals surface area contributed by atoms with Crippen LogP contribution in [0.3, 0.4) is 0 Å². The average Bonchev–Trinajstić information content (AvgIpc) is 2.89. The molecule has 1 aromatic heterocycles. The van der Waals surface area contributed by atoms with E-state index in [1.807, 2.05) is 0 Å². The van der Waals surface area contributed by atoms with Crippen molar-refractivity contribution < 1.29 is 8.42 Å². The molecule has 1 fully saturated rings. The van der Waals surface area contributed by atoms with Crippen LogP contribution in [-0.4, -0.2) is 25.2 Å². The number of hydrogen-bond donors (Lipinski definition) is 2. The van der Waals surface area contributed by atoms with Crippen molar-refractivity contribution in [1.29, 1.82) is 0 Å². The van der Waals surface area contributed by atoms with E-state index in [-0.39, 0.29) is 0 Å². The molecule has 0 amide bonds. The van der Waals surface area contributed by atoms with E-state index in [2.05, 4.69) is 14.9 Å². The Balaban J connectivity index is 1.95. The fraction of sp³-hybridized carbons (Fsp3) is 0.750. The third-order valence-electron chi connectivity index (χ3n) is 3.65. The summed E-state index contributed by atoms with van der Waals surface area (Å²) in [6.07, 6.45) is 6.00. The maximum Gasteiger partial charge on any atom is 0.244 e. The molecule has 1 aliphatic rings. The predicted octanol–water partition coefficient (Wildman–Crippen LogP) is 1.89. The Morgan fingerprint density at radius 2 is 2.00 bits per heavy atom. The predicted molar refractivity (Wildman–Crippen MR) is 69.8 cm³/mol. The van der Waals surface area contributed by atoms with Gasteiger partial charge in [-0.05, 0) is 26.2 Å². The first-order valence-electron chi connectivity index (χ1n) is 6.52. The molecule has 2 rings (SSSR count). The van der Waals surface area contributed by atoms with E-state index in [1.54, 1.807) is 13.8 Å². The van der Waals surface area contributed by atoms with Gasteiger partial charge in [-0.3, -0.25) is 5.10 Å². The van der Waals surface area contributed by atoms with Crippen LogP contribution in [0.25, 0.3) is 0 Å². The quantitative estimate of drug-likeness (QED) is 0.858. The first-order chi connectivity index (χ1) is 8.50. The number of H-pyrrole nitrogens is 1. The number of aromatic amines is 1. The molecule has 0 atom stereocenters. The number of sulfonamides is 1. The van der Waals surface area contributed by atoms with Gasteiger partial charge in [-0.2, -0.15) is 5.10 Å². The highest BCUT2D eigenvalue weighted by molar-refractivity contribution is 7.89. The maximum absolute atomic E-state index is 12.1. The van der Waals surface area contributed by atoms with Crippen LogP contribution >= 0.6 is 0 Å². The lowest BCUT2D eigenvalue weighted by Gasteiger charge is -2.10. The summed E-state index contributed by atoms with van der Waals surface area (Å²) in [7, 11) is -3.41. The lowest BCUT2D eigenvalue weighted by molar-refractivity contribution is 0.495. The van der Waals surface area contributed by atoms with Crippen molar-refractivity contribution >= 4 is 10.0 Å². The highest BCUT2D eigenvalue weighted by Gasteiger charge is 2.22. The Morgan fingerprint density at radius 3 is 2.56 bits per heavy atom. The molecule has 1 heterocycles. The standard InChI is InChI=1S/C12H21N3O2S/c1-9-12(10(2)15-14-9)18(16,17)13-8-7-11-5-3-4-6-11/h11,13H,3-8H2,1-2H3,(H,14,15). The summed E-state index contributed by atoms with van der Waals surface area (Å²) >= 11 is 0. The van der Waals surface area contributed by atoms with Gasteiger partial charge in [0.2, 0.25) is 10.0 Å². The molecule has 6 heteroatoms. The molecule has 0 aromatic carbocycles. The van der Waals surface area contributed by atoms with Gasteiger partial charge in [0, 0.05) is 6.54 Å². The highest BCUT2D eigenvalue weighted by atomic mass is 32.2. The van der Waals surface area contributed by atoms with Gasteiger partial charge in [-0.25, -0.2) is 13.1 Å². The van der Waals surface area contributed by atoms with Crippen LogP contribution in [0.5, 0.6) is 0 Å². The smallest absolute Gasteiger partial charge is 0.244 e. The summed E-state index contributed by atoms with van der Waals surface area (Å²) in [4.78, 5) is 0.300. The van der Waals surface area contributed by atoms with Crippen molar-refractivity contribution in [2.75, 3.05) is 6.54 Å². The van der Waals surface area contributed by atoms with E-state index in [4.69, 9.17) is 0 Å². The van der Waals surface area contributed by atoms with Crippen molar-refractivity contribution in [1.82, 2.24) is 14.9 Å². The fourth-order valence-corrected chi connectivity index (χ4v) is 4.12. The molecule has 2 N–H and O–H groups in total. The molecule has 5 nitrogen and oxygen atoms in total. The number of nitrogens with one attached hydrogen (secondary N) is 2. The zero-order valence-corrected chi connectivity index (χ0v) is 11.8. The topological polar surface area (TPSA) is 74.8 Å². The SMILES string of the molecule is Cc1n[nH]c(C)c1S(=O)(=O)NCCC1CCCC1. The highest BCUT2D eigenvalue weighted by Crippen LogP contribution is 2.27. The Morgan fingerprint density at radius 1 is 1.33 bits per heavy atom. The van der Waals surface area contributed by atoms with Gasteiger partial charge >= 0.3 is 0 Å². The number of rotatable bonds is 5. The summed E-state index contributed by atoms with van der Waals surface area (Å²) in [5, 5.41) is 6.63. The molecule has 0 saturated heterocycles. The Kier molecular flexibility index (Phi) is 4.07. The van der Waals surface area contributed by atoms with Crippen LogP contribution in [0, 0.1) is 19.8 Å². The largest absolute Gasteiger partial charge is 0.281 e. The molecule has 18 heavy (non-hydrogen) atoms. The minimum Gasteiger partial charge on any atom is -0.281 e. The maximum atomic E-state index is 12.1. The second-order valence-corrected chi connectivity index (χ2v) is 6.80. The molecule has 0 radical (unpaired) electrons. The van der Waals surface area contributed by atoms with Gasteiger partial charge < -0.3 is 0 Å². The zero-order chi connectivity index (χ0) is 13.2. The molecule has 0 spiro atoms. The minimum absolute atomic E-state index is 0.300. The van der Waals surface area contributed by atoms with E-state index < -0.39 is 10.0 Å². The van der Waals surface area contributed by atoms with E-state index in [0.717, 1.165) is 6.42 Å². The minimum atomic E-state index is -3.41. The second kappa shape index (κ2) is 5.40. The molecular weight excluding hydrogens is 250 g/mol. The van der Waals surface area contributed by atoms with Gasteiger partial charge in [-0.15, -0.1) is 0 Å². The number of hydrogen-bond acceptors (Lipinski definition) is 3. The van der Waals surface area contributed by atoms with E-state index in [0.29, 0.717) is 28.7 Å². The molecule has 1 saturated carbocycles. The van der Waals surface area contributed by atoms with Crippen LogP contribution in [0.4, 0.5) is 0 Å². The molecular formula is C12H21N3O2S. The second-order valence-electron chi connectivity index (χ2n) is 5.10. The van der Waals surface area contributed by atoms with Crippen molar-refractivity contribution in [2.45, 2.75) is 50.8 Å². The molecule has 0 unspecified atom stereocenters. The van der Waals surface area contributed by atoms with E-state index >= 15 is 0 Å². The molecule has 0 bridgehead atoms. The monoisotopic (exact) mass is 271 g/mol. The summed E-state index contributed by atoms with van der Waals surface area (Å²) in [6.45, 7) is 3.96. The molecule has 0 aliphatic heterocycles. The first-order valence-corrected chi connectivity index (χ1v) is 8.00. The Bertz CT molecular complexity index is 482. The van der Waals surface area contributed by atoms with Gasteiger partial charge in [-0.1, -0.05) is 25.7 Å². The van der Waals surface area contributed by atoms with Crippen molar-refractivity contribution in [2.24, 2.45) is 5.92 Å². The van der Waals surface area contributed by atoms with Crippen molar-refractivity contribution in [3.63, 3.8) is 0 Å². The van der Waals surface area contributed by atoms with Crippen LogP contribution < -0.4 is 4.72 Å². The number of nitrogens with zero attached hydrogens (tertiary/aromatic N) is 1. The van der Waals surface area contributed by atoms with Crippen LogP contribution in [-0.2, 0) is 10.0 Å². The summed E-state index contributed by atoms with van der Waals surface area (Å²) in [5.41, 5.74) is 1.13. The van der Waals surface area contributed by atoms with E-state index in [9.17, 15) is 8.42 Å². The van der Waals surface area contributed by atoms with Crippen LogP contribution in [0.15, 0.2) is 4.90 Å². The van der Waals surface area contributed by atoms with Gasteiger partial charge in [0.15, 0.2) is 0 Å². The summed E-state index contributed by atoms with van der Waals surface area (Å²) in [6, 6.07) is 0. The van der Waals surface area contributed by atoms with Crippen LogP contribution in [0.2, 0.25) is 0 Å². The van der Waals surface area contributed by atoms with Crippen molar-refractivity contribution in [3.05, 3.63) is 11.4 Å². The zero-order valence-electron chi connectivity index (χ0n) is 11.0. The first kappa shape index (κ1) is 13.5. The third kappa shape index (κ3) is 2.92.